The first kappa shape index (κ1) is 13.2. The summed E-state index contributed by atoms with van der Waals surface area (Å²) < 4.78 is 3.65. The zero-order valence-corrected chi connectivity index (χ0v) is 10.9. The molecule has 0 aliphatic rings. The van der Waals surface area contributed by atoms with E-state index in [-0.39, 0.29) is 6.03 Å². The van der Waals surface area contributed by atoms with Crippen molar-refractivity contribution in [3.63, 3.8) is 0 Å². The molecule has 1 aromatic rings. The molecular formula is C9H16N4OS2. The molecule has 7 heteroatoms. The van der Waals surface area contributed by atoms with E-state index >= 15 is 0 Å². The van der Waals surface area contributed by atoms with Crippen LogP contribution in [0.25, 0.3) is 0 Å². The van der Waals surface area contributed by atoms with Crippen LogP contribution in [0.4, 0.5) is 9.80 Å². The number of thioether (sulfide) groups is 1. The van der Waals surface area contributed by atoms with Gasteiger partial charge in [-0.1, -0.05) is 11.4 Å². The summed E-state index contributed by atoms with van der Waals surface area (Å²) in [5, 5.41) is 9.75. The van der Waals surface area contributed by atoms with Crippen LogP contribution in [0.3, 0.4) is 0 Å². The highest BCUT2D eigenvalue weighted by Gasteiger charge is 2.01. The van der Waals surface area contributed by atoms with Gasteiger partial charge in [-0.15, -0.1) is 5.10 Å². The van der Waals surface area contributed by atoms with E-state index in [0.29, 0.717) is 11.5 Å². The van der Waals surface area contributed by atoms with Crippen LogP contribution in [0, 0.1) is 0 Å². The Morgan fingerprint density at radius 1 is 1.56 bits per heavy atom. The molecule has 5 nitrogen and oxygen atoms in total. The van der Waals surface area contributed by atoms with Crippen LogP contribution >= 0.6 is 23.3 Å². The minimum Gasteiger partial charge on any atom is -0.338 e. The van der Waals surface area contributed by atoms with Gasteiger partial charge in [0.15, 0.2) is 0 Å². The molecule has 1 aromatic heterocycles. The number of hydrogen-bond donors (Lipinski definition) is 2. The van der Waals surface area contributed by atoms with Crippen molar-refractivity contribution in [3.8, 4) is 0 Å². The first-order chi connectivity index (χ1) is 7.83. The number of urea groups is 1. The Bertz CT molecular complexity index is 292. The number of rotatable bonds is 7. The fourth-order valence-electron chi connectivity index (χ4n) is 1.05. The highest BCUT2D eigenvalue weighted by molar-refractivity contribution is 7.99. The van der Waals surface area contributed by atoms with Gasteiger partial charge < -0.3 is 5.32 Å². The number of anilines is 1. The SMILES string of the molecule is CCSCCCCNC(=O)Nc1cnns1. The van der Waals surface area contributed by atoms with Crippen molar-refractivity contribution in [2.24, 2.45) is 0 Å². The third-order valence-corrected chi connectivity index (χ3v) is 3.37. The molecule has 0 spiro atoms. The van der Waals surface area contributed by atoms with Gasteiger partial charge in [-0.3, -0.25) is 5.32 Å². The minimum absolute atomic E-state index is 0.186. The summed E-state index contributed by atoms with van der Waals surface area (Å²) in [6.45, 7) is 2.86. The van der Waals surface area contributed by atoms with Crippen molar-refractivity contribution in [3.05, 3.63) is 6.20 Å². The molecule has 0 bridgehead atoms. The average Bonchev–Trinajstić information content (AvgIpc) is 2.76. The predicted octanol–water partition coefficient (Wildman–Crippen LogP) is 2.19. The van der Waals surface area contributed by atoms with Crippen molar-refractivity contribution in [1.29, 1.82) is 0 Å². The number of unbranched alkanes of at least 4 members (excludes halogenated alkanes) is 1. The Hall–Kier alpha value is -0.820. The second kappa shape index (κ2) is 8.35. The summed E-state index contributed by atoms with van der Waals surface area (Å²) in [5.41, 5.74) is 0. The number of carbonyl (C=O) groups excluding carboxylic acids is 1. The van der Waals surface area contributed by atoms with Crippen LogP contribution in [-0.4, -0.2) is 33.7 Å². The van der Waals surface area contributed by atoms with Gasteiger partial charge in [-0.05, 0) is 24.3 Å². The minimum atomic E-state index is -0.186. The Morgan fingerprint density at radius 3 is 3.12 bits per heavy atom. The quantitative estimate of drug-likeness (QED) is 0.738. The van der Waals surface area contributed by atoms with Gasteiger partial charge in [0.05, 0.1) is 6.20 Å². The van der Waals surface area contributed by atoms with Crippen LogP contribution in [0.5, 0.6) is 0 Å². The summed E-state index contributed by atoms with van der Waals surface area (Å²) >= 11 is 3.09. The van der Waals surface area contributed by atoms with E-state index in [1.54, 1.807) is 0 Å². The number of aromatic nitrogens is 2. The lowest BCUT2D eigenvalue weighted by Gasteiger charge is -2.04. The van der Waals surface area contributed by atoms with E-state index in [0.717, 1.165) is 18.6 Å². The zero-order valence-electron chi connectivity index (χ0n) is 9.23. The predicted molar refractivity (Wildman–Crippen MR) is 69.2 cm³/mol. The Balaban J connectivity index is 1.98. The number of amides is 2. The maximum absolute atomic E-state index is 11.3. The lowest BCUT2D eigenvalue weighted by atomic mass is 10.3. The van der Waals surface area contributed by atoms with Crippen LogP contribution in [0.2, 0.25) is 0 Å². The molecule has 0 aromatic carbocycles. The maximum Gasteiger partial charge on any atom is 0.319 e. The van der Waals surface area contributed by atoms with Gasteiger partial charge in [0.1, 0.15) is 5.00 Å². The van der Waals surface area contributed by atoms with E-state index in [2.05, 4.69) is 27.1 Å². The van der Waals surface area contributed by atoms with E-state index in [9.17, 15) is 4.79 Å². The molecule has 90 valence electrons. The number of carbonyl (C=O) groups is 1. The summed E-state index contributed by atoms with van der Waals surface area (Å²) in [6.07, 6.45) is 3.68. The summed E-state index contributed by atoms with van der Waals surface area (Å²) in [5.74, 6) is 2.32. The van der Waals surface area contributed by atoms with Crippen molar-refractivity contribution in [1.82, 2.24) is 14.9 Å². The molecule has 0 fully saturated rings. The number of hydrogen-bond acceptors (Lipinski definition) is 5. The molecule has 1 heterocycles. The molecule has 0 unspecified atom stereocenters. The number of nitrogens with zero attached hydrogens (tertiary/aromatic N) is 2. The topological polar surface area (TPSA) is 66.9 Å². The summed E-state index contributed by atoms with van der Waals surface area (Å²) in [6, 6.07) is -0.186. The van der Waals surface area contributed by atoms with Crippen molar-refractivity contribution < 1.29 is 4.79 Å². The summed E-state index contributed by atoms with van der Waals surface area (Å²) in [4.78, 5) is 11.3. The van der Waals surface area contributed by atoms with Crippen molar-refractivity contribution in [2.75, 3.05) is 23.4 Å². The molecule has 2 amide bonds. The summed E-state index contributed by atoms with van der Waals surface area (Å²) in [7, 11) is 0. The molecule has 1 rings (SSSR count). The second-order valence-corrected chi connectivity index (χ2v) is 5.25. The van der Waals surface area contributed by atoms with Crippen molar-refractivity contribution in [2.45, 2.75) is 19.8 Å². The van der Waals surface area contributed by atoms with E-state index in [1.807, 2.05) is 11.8 Å². The fraction of sp³-hybridized carbons (Fsp3) is 0.667. The molecule has 0 aliphatic carbocycles. The van der Waals surface area contributed by atoms with Crippen LogP contribution in [-0.2, 0) is 0 Å². The van der Waals surface area contributed by atoms with Crippen molar-refractivity contribution >= 4 is 34.3 Å². The lowest BCUT2D eigenvalue weighted by Crippen LogP contribution is -2.29. The third kappa shape index (κ3) is 5.92. The Kier molecular flexibility index (Phi) is 6.91. The number of nitrogens with one attached hydrogen (secondary N) is 2. The van der Waals surface area contributed by atoms with Gasteiger partial charge in [-0.2, -0.15) is 11.8 Å². The molecule has 2 N–H and O–H groups in total. The molecule has 0 atom stereocenters. The fourth-order valence-corrected chi connectivity index (χ4v) is 2.17. The third-order valence-electron chi connectivity index (χ3n) is 1.80. The molecule has 0 saturated heterocycles. The molecule has 0 saturated carbocycles. The highest BCUT2D eigenvalue weighted by atomic mass is 32.2. The molecular weight excluding hydrogens is 244 g/mol. The molecule has 0 aliphatic heterocycles. The van der Waals surface area contributed by atoms with E-state index < -0.39 is 0 Å². The largest absolute Gasteiger partial charge is 0.338 e. The van der Waals surface area contributed by atoms with E-state index in [1.165, 1.54) is 23.5 Å². The Morgan fingerprint density at radius 2 is 2.44 bits per heavy atom. The van der Waals surface area contributed by atoms with Gasteiger partial charge in [0.25, 0.3) is 0 Å². The standard InChI is InChI=1S/C9H16N4OS2/c1-2-15-6-4-3-5-10-9(14)12-8-7-11-13-16-8/h7H,2-6H2,1H3,(H2,10,12,14). The van der Waals surface area contributed by atoms with Gasteiger partial charge >= 0.3 is 6.03 Å². The first-order valence-electron chi connectivity index (χ1n) is 5.23. The lowest BCUT2D eigenvalue weighted by molar-refractivity contribution is 0.252. The maximum atomic E-state index is 11.3. The van der Waals surface area contributed by atoms with Crippen LogP contribution in [0.15, 0.2) is 6.20 Å². The highest BCUT2D eigenvalue weighted by Crippen LogP contribution is 2.08. The second-order valence-electron chi connectivity index (χ2n) is 3.07. The average molecular weight is 260 g/mol. The smallest absolute Gasteiger partial charge is 0.319 e. The Labute approximate surface area is 104 Å². The van der Waals surface area contributed by atoms with E-state index in [4.69, 9.17) is 0 Å². The van der Waals surface area contributed by atoms with Gasteiger partial charge in [0.2, 0.25) is 0 Å². The van der Waals surface area contributed by atoms with Crippen LogP contribution in [0.1, 0.15) is 19.8 Å². The first-order valence-corrected chi connectivity index (χ1v) is 7.15. The van der Waals surface area contributed by atoms with Crippen LogP contribution < -0.4 is 10.6 Å². The molecule has 0 radical (unpaired) electrons. The molecule has 16 heavy (non-hydrogen) atoms. The monoisotopic (exact) mass is 260 g/mol. The van der Waals surface area contributed by atoms with Gasteiger partial charge in [0, 0.05) is 18.1 Å². The normalized spacial score (nSPS) is 10.1. The zero-order chi connectivity index (χ0) is 11.6. The van der Waals surface area contributed by atoms with Gasteiger partial charge in [-0.25, -0.2) is 4.79 Å².